The van der Waals surface area contributed by atoms with Crippen molar-refractivity contribution in [3.8, 4) is 0 Å². The number of hydrogen-bond donors (Lipinski definition) is 1. The summed E-state index contributed by atoms with van der Waals surface area (Å²) in [4.78, 5) is 28.4. The van der Waals surface area contributed by atoms with E-state index in [-0.39, 0.29) is 6.54 Å². The third-order valence-corrected chi connectivity index (χ3v) is 2.03. The highest BCUT2D eigenvalue weighted by atomic mass is 16.5. The molecule has 0 aromatic carbocycles. The number of aromatic nitrogens is 4. The zero-order valence-corrected chi connectivity index (χ0v) is 8.64. The molecule has 0 spiro atoms. The third kappa shape index (κ3) is 2.08. The van der Waals surface area contributed by atoms with Crippen LogP contribution < -0.4 is 11.2 Å². The van der Waals surface area contributed by atoms with Crippen molar-refractivity contribution in [3.63, 3.8) is 0 Å². The van der Waals surface area contributed by atoms with Gasteiger partial charge in [0.05, 0.1) is 0 Å². The van der Waals surface area contributed by atoms with Gasteiger partial charge in [-0.1, -0.05) is 12.1 Å². The van der Waals surface area contributed by atoms with Gasteiger partial charge in [0.25, 0.3) is 5.56 Å². The fourth-order valence-corrected chi connectivity index (χ4v) is 1.21. The standard InChI is InChI=1S/C9H10N4O3/c1-2-6-10-8(16-12-6)5-13-4-3-7(14)11-9(13)15/h3-4H,2,5H2,1H3,(H,11,14,15). The first kappa shape index (κ1) is 10.3. The molecule has 84 valence electrons. The van der Waals surface area contributed by atoms with Crippen LogP contribution in [0.5, 0.6) is 0 Å². The van der Waals surface area contributed by atoms with Crippen LogP contribution in [-0.2, 0) is 13.0 Å². The number of nitrogens with zero attached hydrogens (tertiary/aromatic N) is 3. The van der Waals surface area contributed by atoms with Crippen molar-refractivity contribution in [1.29, 1.82) is 0 Å². The molecule has 0 aliphatic rings. The Labute approximate surface area is 89.7 Å². The van der Waals surface area contributed by atoms with Gasteiger partial charge < -0.3 is 4.52 Å². The van der Waals surface area contributed by atoms with Gasteiger partial charge in [0.2, 0.25) is 5.89 Å². The molecule has 2 aromatic rings. The van der Waals surface area contributed by atoms with E-state index in [1.165, 1.54) is 16.8 Å². The summed E-state index contributed by atoms with van der Waals surface area (Å²) < 4.78 is 6.22. The first-order valence-electron chi connectivity index (χ1n) is 4.80. The fraction of sp³-hybridized carbons (Fsp3) is 0.333. The topological polar surface area (TPSA) is 93.8 Å². The van der Waals surface area contributed by atoms with Crippen molar-refractivity contribution in [2.24, 2.45) is 0 Å². The molecule has 0 unspecified atom stereocenters. The zero-order valence-electron chi connectivity index (χ0n) is 8.64. The van der Waals surface area contributed by atoms with Gasteiger partial charge >= 0.3 is 5.69 Å². The van der Waals surface area contributed by atoms with Crippen molar-refractivity contribution in [1.82, 2.24) is 19.7 Å². The summed E-state index contributed by atoms with van der Waals surface area (Å²) in [6, 6.07) is 1.26. The van der Waals surface area contributed by atoms with Gasteiger partial charge in [-0.05, 0) is 0 Å². The van der Waals surface area contributed by atoms with Gasteiger partial charge in [0, 0.05) is 18.7 Å². The van der Waals surface area contributed by atoms with Gasteiger partial charge in [0.15, 0.2) is 5.82 Å². The van der Waals surface area contributed by atoms with E-state index in [0.29, 0.717) is 18.1 Å². The molecule has 1 N–H and O–H groups in total. The molecule has 2 rings (SSSR count). The minimum Gasteiger partial charge on any atom is -0.337 e. The molecule has 0 amide bonds. The van der Waals surface area contributed by atoms with Crippen LogP contribution in [-0.4, -0.2) is 19.7 Å². The average molecular weight is 222 g/mol. The maximum atomic E-state index is 11.3. The normalized spacial score (nSPS) is 10.6. The van der Waals surface area contributed by atoms with E-state index < -0.39 is 11.2 Å². The smallest absolute Gasteiger partial charge is 0.328 e. The number of nitrogens with one attached hydrogen (secondary N) is 1. The molecule has 0 bridgehead atoms. The number of aromatic amines is 1. The van der Waals surface area contributed by atoms with E-state index >= 15 is 0 Å². The summed E-state index contributed by atoms with van der Waals surface area (Å²) in [5.41, 5.74) is -0.926. The Morgan fingerprint density at radius 1 is 1.50 bits per heavy atom. The molecule has 7 nitrogen and oxygen atoms in total. The molecule has 0 aliphatic heterocycles. The lowest BCUT2D eigenvalue weighted by atomic mass is 10.5. The molecule has 0 saturated heterocycles. The van der Waals surface area contributed by atoms with E-state index in [4.69, 9.17) is 4.52 Å². The van der Waals surface area contributed by atoms with Crippen LogP contribution >= 0.6 is 0 Å². The third-order valence-electron chi connectivity index (χ3n) is 2.03. The summed E-state index contributed by atoms with van der Waals surface area (Å²) in [5, 5.41) is 3.70. The predicted octanol–water partition coefficient (Wildman–Crippen LogP) is -0.470. The van der Waals surface area contributed by atoms with Gasteiger partial charge in [-0.2, -0.15) is 4.98 Å². The van der Waals surface area contributed by atoms with Crippen LogP contribution in [0.1, 0.15) is 18.6 Å². The molecular weight excluding hydrogens is 212 g/mol. The van der Waals surface area contributed by atoms with Crippen molar-refractivity contribution in [3.05, 3.63) is 44.8 Å². The lowest BCUT2D eigenvalue weighted by Crippen LogP contribution is -2.28. The second-order valence-corrected chi connectivity index (χ2v) is 3.20. The molecule has 16 heavy (non-hydrogen) atoms. The molecule has 0 atom stereocenters. The van der Waals surface area contributed by atoms with Crippen LogP contribution in [0.2, 0.25) is 0 Å². The number of aryl methyl sites for hydroxylation is 1. The maximum absolute atomic E-state index is 11.3. The highest BCUT2D eigenvalue weighted by Crippen LogP contribution is 1.98. The predicted molar refractivity (Wildman–Crippen MR) is 54.1 cm³/mol. The monoisotopic (exact) mass is 222 g/mol. The van der Waals surface area contributed by atoms with Crippen molar-refractivity contribution < 1.29 is 4.52 Å². The second-order valence-electron chi connectivity index (χ2n) is 3.20. The van der Waals surface area contributed by atoms with Crippen LogP contribution in [0, 0.1) is 0 Å². The fourth-order valence-electron chi connectivity index (χ4n) is 1.21. The van der Waals surface area contributed by atoms with Crippen LogP contribution in [0.4, 0.5) is 0 Å². The van der Waals surface area contributed by atoms with Crippen LogP contribution in [0.25, 0.3) is 0 Å². The largest absolute Gasteiger partial charge is 0.337 e. The highest BCUT2D eigenvalue weighted by Gasteiger charge is 2.06. The van der Waals surface area contributed by atoms with Crippen LogP contribution in [0.15, 0.2) is 26.4 Å². The zero-order chi connectivity index (χ0) is 11.5. The average Bonchev–Trinajstić information content (AvgIpc) is 2.70. The molecule has 7 heteroatoms. The summed E-state index contributed by atoms with van der Waals surface area (Å²) in [6.07, 6.45) is 2.06. The second kappa shape index (κ2) is 4.13. The first-order chi connectivity index (χ1) is 7.69. The number of rotatable bonds is 3. The summed E-state index contributed by atoms with van der Waals surface area (Å²) in [6.45, 7) is 2.06. The van der Waals surface area contributed by atoms with E-state index in [1.54, 1.807) is 0 Å². The highest BCUT2D eigenvalue weighted by molar-refractivity contribution is 4.89. The SMILES string of the molecule is CCc1noc(Cn2ccc(=O)[nH]c2=O)n1. The molecule has 0 saturated carbocycles. The van der Waals surface area contributed by atoms with Crippen molar-refractivity contribution in [2.75, 3.05) is 0 Å². The Morgan fingerprint density at radius 2 is 2.31 bits per heavy atom. The Morgan fingerprint density at radius 3 is 2.94 bits per heavy atom. The summed E-state index contributed by atoms with van der Waals surface area (Å²) in [7, 11) is 0. The molecule has 0 radical (unpaired) electrons. The van der Waals surface area contributed by atoms with E-state index in [1.807, 2.05) is 6.92 Å². The molecule has 0 aliphatic carbocycles. The quantitative estimate of drug-likeness (QED) is 0.757. The van der Waals surface area contributed by atoms with Crippen molar-refractivity contribution >= 4 is 0 Å². The Hall–Kier alpha value is -2.18. The van der Waals surface area contributed by atoms with Gasteiger partial charge in [-0.25, -0.2) is 4.79 Å². The minimum absolute atomic E-state index is 0.155. The van der Waals surface area contributed by atoms with E-state index in [9.17, 15) is 9.59 Å². The lowest BCUT2D eigenvalue weighted by Gasteiger charge is -1.98. The van der Waals surface area contributed by atoms with Gasteiger partial charge in [0.1, 0.15) is 6.54 Å². The molecular formula is C9H10N4O3. The van der Waals surface area contributed by atoms with E-state index in [2.05, 4.69) is 15.1 Å². The summed E-state index contributed by atoms with van der Waals surface area (Å²) in [5.74, 6) is 0.929. The minimum atomic E-state index is -0.497. The molecule has 2 heterocycles. The van der Waals surface area contributed by atoms with Gasteiger partial charge in [-0.3, -0.25) is 14.3 Å². The molecule has 0 fully saturated rings. The lowest BCUT2D eigenvalue weighted by molar-refractivity contribution is 0.364. The van der Waals surface area contributed by atoms with Gasteiger partial charge in [-0.15, -0.1) is 0 Å². The Balaban J connectivity index is 2.27. The number of H-pyrrole nitrogens is 1. The van der Waals surface area contributed by atoms with E-state index in [0.717, 1.165) is 0 Å². The Kier molecular flexibility index (Phi) is 2.67. The number of hydrogen-bond acceptors (Lipinski definition) is 5. The molecule has 2 aromatic heterocycles. The maximum Gasteiger partial charge on any atom is 0.328 e. The van der Waals surface area contributed by atoms with Crippen molar-refractivity contribution in [2.45, 2.75) is 19.9 Å². The van der Waals surface area contributed by atoms with Crippen LogP contribution in [0.3, 0.4) is 0 Å². The Bertz CT molecular complexity index is 595. The summed E-state index contributed by atoms with van der Waals surface area (Å²) >= 11 is 0. The first-order valence-corrected chi connectivity index (χ1v) is 4.80.